The molecule has 1 aliphatic heterocycles. The quantitative estimate of drug-likeness (QED) is 0.802. The van der Waals surface area contributed by atoms with Gasteiger partial charge in [-0.05, 0) is 23.8 Å². The van der Waals surface area contributed by atoms with Gasteiger partial charge in [0.1, 0.15) is 0 Å². The Kier molecular flexibility index (Phi) is 2.26. The lowest BCUT2D eigenvalue weighted by Crippen LogP contribution is -2.20. The van der Waals surface area contributed by atoms with Gasteiger partial charge in [-0.1, -0.05) is 0 Å². The van der Waals surface area contributed by atoms with Crippen LogP contribution in [0.3, 0.4) is 0 Å². The molecule has 5 heteroatoms. The number of likely N-dealkylation sites (N-methyl/N-ethyl adjacent to an activating group) is 1. The van der Waals surface area contributed by atoms with E-state index in [1.807, 2.05) is 6.07 Å². The van der Waals surface area contributed by atoms with Crippen LogP contribution in [-0.4, -0.2) is 28.9 Å². The van der Waals surface area contributed by atoms with Crippen LogP contribution in [0.25, 0.3) is 0 Å². The number of aromatic nitrogens is 2. The van der Waals surface area contributed by atoms with Crippen molar-refractivity contribution in [2.24, 2.45) is 0 Å². The van der Waals surface area contributed by atoms with Crippen LogP contribution in [0, 0.1) is 0 Å². The van der Waals surface area contributed by atoms with E-state index >= 15 is 0 Å². The number of amides is 1. The Balaban J connectivity index is 2.00. The summed E-state index contributed by atoms with van der Waals surface area (Å²) in [5.41, 5.74) is 2.88. The van der Waals surface area contributed by atoms with Crippen molar-refractivity contribution in [3.05, 3.63) is 47.3 Å². The molecule has 0 saturated heterocycles. The Hall–Kier alpha value is -2.43. The fourth-order valence-electron chi connectivity index (χ4n) is 2.15. The zero-order valence-electron chi connectivity index (χ0n) is 9.80. The number of benzene rings is 1. The van der Waals surface area contributed by atoms with Crippen LogP contribution in [0.2, 0.25) is 0 Å². The highest BCUT2D eigenvalue weighted by Crippen LogP contribution is 2.28. The van der Waals surface area contributed by atoms with Crippen molar-refractivity contribution in [2.45, 2.75) is 6.42 Å². The molecule has 0 radical (unpaired) electrons. The predicted molar refractivity (Wildman–Crippen MR) is 65.6 cm³/mol. The van der Waals surface area contributed by atoms with E-state index in [0.29, 0.717) is 17.5 Å². The second kappa shape index (κ2) is 3.80. The Labute approximate surface area is 103 Å². The zero-order chi connectivity index (χ0) is 12.7. The van der Waals surface area contributed by atoms with Gasteiger partial charge >= 0.3 is 0 Å². The van der Waals surface area contributed by atoms with Gasteiger partial charge in [-0.25, -0.2) is 0 Å². The maximum absolute atomic E-state index is 12.1. The summed E-state index contributed by atoms with van der Waals surface area (Å²) in [6.07, 6.45) is 3.41. The fraction of sp³-hybridized carbons (Fsp3) is 0.154. The normalized spacial score (nSPS) is 13.8. The summed E-state index contributed by atoms with van der Waals surface area (Å²) in [6.45, 7) is 0. The summed E-state index contributed by atoms with van der Waals surface area (Å²) in [6, 6.07) is 5.34. The Bertz CT molecular complexity index is 632. The summed E-state index contributed by atoms with van der Waals surface area (Å²) in [5.74, 6) is -0.0357. The number of carbonyl (C=O) groups is 2. The van der Waals surface area contributed by atoms with Gasteiger partial charge in [0.25, 0.3) is 0 Å². The maximum atomic E-state index is 12.1. The van der Waals surface area contributed by atoms with Crippen molar-refractivity contribution in [3.63, 3.8) is 0 Å². The standard InChI is InChI=1S/C13H11N3O2/c1-16-11-3-2-8(4-9(11)5-12(16)17)13(18)10-6-14-15-7-10/h2-4,6-7H,5H2,1H3,(H,14,15). The van der Waals surface area contributed by atoms with Gasteiger partial charge in [0.2, 0.25) is 5.91 Å². The minimum absolute atomic E-state index is 0.0536. The van der Waals surface area contributed by atoms with E-state index in [-0.39, 0.29) is 11.7 Å². The van der Waals surface area contributed by atoms with Gasteiger partial charge in [-0.3, -0.25) is 14.7 Å². The monoisotopic (exact) mass is 241 g/mol. The largest absolute Gasteiger partial charge is 0.315 e. The first kappa shape index (κ1) is 10.7. The number of fused-ring (bicyclic) bond motifs is 1. The lowest BCUT2D eigenvalue weighted by molar-refractivity contribution is -0.117. The lowest BCUT2D eigenvalue weighted by atomic mass is 10.0. The molecule has 5 nitrogen and oxygen atoms in total. The fourth-order valence-corrected chi connectivity index (χ4v) is 2.15. The SMILES string of the molecule is CN1C(=O)Cc2cc(C(=O)c3cn[nH]c3)ccc21. The van der Waals surface area contributed by atoms with Crippen LogP contribution in [-0.2, 0) is 11.2 Å². The van der Waals surface area contributed by atoms with E-state index in [0.717, 1.165) is 11.3 Å². The third kappa shape index (κ3) is 1.52. The first-order valence-electron chi connectivity index (χ1n) is 5.60. The number of H-pyrrole nitrogens is 1. The molecular weight excluding hydrogens is 230 g/mol. The van der Waals surface area contributed by atoms with E-state index < -0.39 is 0 Å². The molecule has 0 atom stereocenters. The molecule has 2 aromatic rings. The second-order valence-electron chi connectivity index (χ2n) is 4.29. The number of carbonyl (C=O) groups excluding carboxylic acids is 2. The second-order valence-corrected chi connectivity index (χ2v) is 4.29. The Morgan fingerprint density at radius 3 is 2.94 bits per heavy atom. The van der Waals surface area contributed by atoms with Gasteiger partial charge in [-0.15, -0.1) is 0 Å². The highest BCUT2D eigenvalue weighted by Gasteiger charge is 2.25. The van der Waals surface area contributed by atoms with Gasteiger partial charge in [0, 0.05) is 24.5 Å². The van der Waals surface area contributed by atoms with Gasteiger partial charge in [0.15, 0.2) is 5.78 Å². The zero-order valence-corrected chi connectivity index (χ0v) is 9.80. The number of rotatable bonds is 2. The average molecular weight is 241 g/mol. The van der Waals surface area contributed by atoms with Crippen LogP contribution in [0.15, 0.2) is 30.6 Å². The summed E-state index contributed by atoms with van der Waals surface area (Å²) in [4.78, 5) is 25.3. The molecule has 1 aromatic heterocycles. The molecule has 3 rings (SSSR count). The molecule has 2 heterocycles. The third-order valence-electron chi connectivity index (χ3n) is 3.18. The number of hydrogen-bond acceptors (Lipinski definition) is 3. The van der Waals surface area contributed by atoms with E-state index in [1.165, 1.54) is 6.20 Å². The molecule has 0 saturated carbocycles. The summed E-state index contributed by atoms with van der Waals surface area (Å²) in [5, 5.41) is 6.37. The van der Waals surface area contributed by atoms with E-state index in [4.69, 9.17) is 0 Å². The van der Waals surface area contributed by atoms with Gasteiger partial charge in [-0.2, -0.15) is 5.10 Å². The molecule has 0 fully saturated rings. The van der Waals surface area contributed by atoms with Crippen molar-refractivity contribution in [1.82, 2.24) is 10.2 Å². The van der Waals surface area contributed by atoms with E-state index in [2.05, 4.69) is 10.2 Å². The first-order valence-corrected chi connectivity index (χ1v) is 5.60. The minimum atomic E-state index is -0.0893. The highest BCUT2D eigenvalue weighted by atomic mass is 16.2. The number of nitrogens with one attached hydrogen (secondary N) is 1. The van der Waals surface area contributed by atoms with Crippen LogP contribution in [0.4, 0.5) is 5.69 Å². The van der Waals surface area contributed by atoms with Crippen molar-refractivity contribution in [2.75, 3.05) is 11.9 Å². The summed E-state index contributed by atoms with van der Waals surface area (Å²) >= 11 is 0. The van der Waals surface area contributed by atoms with Crippen LogP contribution >= 0.6 is 0 Å². The summed E-state index contributed by atoms with van der Waals surface area (Å²) < 4.78 is 0. The van der Waals surface area contributed by atoms with Gasteiger partial charge in [0.05, 0.1) is 18.2 Å². The van der Waals surface area contributed by atoms with Gasteiger partial charge < -0.3 is 4.90 Å². The molecule has 1 aliphatic rings. The Morgan fingerprint density at radius 2 is 2.22 bits per heavy atom. The molecule has 0 aliphatic carbocycles. The molecule has 1 aromatic carbocycles. The number of nitrogens with zero attached hydrogens (tertiary/aromatic N) is 2. The van der Waals surface area contributed by atoms with Crippen molar-refractivity contribution in [1.29, 1.82) is 0 Å². The van der Waals surface area contributed by atoms with Crippen LogP contribution in [0.1, 0.15) is 21.5 Å². The van der Waals surface area contributed by atoms with Crippen molar-refractivity contribution >= 4 is 17.4 Å². The third-order valence-corrected chi connectivity index (χ3v) is 3.18. The first-order chi connectivity index (χ1) is 8.66. The molecular formula is C13H11N3O2. The summed E-state index contributed by atoms with van der Waals surface area (Å²) in [7, 11) is 1.74. The number of ketones is 1. The molecule has 1 amide bonds. The number of hydrogen-bond donors (Lipinski definition) is 1. The number of anilines is 1. The molecule has 1 N–H and O–H groups in total. The average Bonchev–Trinajstić information content (AvgIpc) is 2.98. The van der Waals surface area contributed by atoms with Crippen LogP contribution in [0.5, 0.6) is 0 Å². The number of aromatic amines is 1. The maximum Gasteiger partial charge on any atom is 0.231 e. The van der Waals surface area contributed by atoms with E-state index in [9.17, 15) is 9.59 Å². The highest BCUT2D eigenvalue weighted by molar-refractivity contribution is 6.10. The van der Waals surface area contributed by atoms with Crippen molar-refractivity contribution < 1.29 is 9.59 Å². The molecule has 0 unspecified atom stereocenters. The molecule has 0 bridgehead atoms. The lowest BCUT2D eigenvalue weighted by Gasteiger charge is -2.09. The topological polar surface area (TPSA) is 66.1 Å². The molecule has 0 spiro atoms. The van der Waals surface area contributed by atoms with Crippen LogP contribution < -0.4 is 4.90 Å². The molecule has 90 valence electrons. The Morgan fingerprint density at radius 1 is 1.39 bits per heavy atom. The predicted octanol–water partition coefficient (Wildman–Crippen LogP) is 1.16. The van der Waals surface area contributed by atoms with E-state index in [1.54, 1.807) is 30.3 Å². The molecule has 18 heavy (non-hydrogen) atoms. The smallest absolute Gasteiger partial charge is 0.231 e. The minimum Gasteiger partial charge on any atom is -0.315 e. The van der Waals surface area contributed by atoms with Crippen molar-refractivity contribution in [3.8, 4) is 0 Å².